The van der Waals surface area contributed by atoms with Crippen LogP contribution in [0.4, 0.5) is 13.2 Å². The summed E-state index contributed by atoms with van der Waals surface area (Å²) < 4.78 is 41.8. The molecule has 0 aliphatic carbocycles. The van der Waals surface area contributed by atoms with Gasteiger partial charge in [0, 0.05) is 25.7 Å². The van der Waals surface area contributed by atoms with Gasteiger partial charge in [-0.2, -0.15) is 13.2 Å². The van der Waals surface area contributed by atoms with Gasteiger partial charge in [-0.15, -0.1) is 0 Å². The predicted octanol–water partition coefficient (Wildman–Crippen LogP) is 1.67. The fraction of sp³-hybridized carbons (Fsp3) is 0.769. The second kappa shape index (κ2) is 6.58. The van der Waals surface area contributed by atoms with Gasteiger partial charge in [-0.25, -0.2) is 0 Å². The number of hydrogen-bond acceptors (Lipinski definition) is 3. The van der Waals surface area contributed by atoms with Crippen LogP contribution in [0.3, 0.4) is 0 Å². The Morgan fingerprint density at radius 2 is 2.10 bits per heavy atom. The van der Waals surface area contributed by atoms with Crippen molar-refractivity contribution in [3.05, 3.63) is 12.2 Å². The molecule has 0 atom stereocenters. The van der Waals surface area contributed by atoms with Crippen LogP contribution in [0.2, 0.25) is 0 Å². The second-order valence-electron chi connectivity index (χ2n) is 5.58. The Morgan fingerprint density at radius 1 is 1.45 bits per heavy atom. The Balaban J connectivity index is 2.40. The fourth-order valence-corrected chi connectivity index (χ4v) is 2.01. The number of likely N-dealkylation sites (N-methyl/N-ethyl adjacent to an activating group) is 1. The summed E-state index contributed by atoms with van der Waals surface area (Å²) in [7, 11) is 1.36. The summed E-state index contributed by atoms with van der Waals surface area (Å²) in [5.74, 6) is -0.193. The molecular weight excluding hydrogens is 273 g/mol. The van der Waals surface area contributed by atoms with Crippen molar-refractivity contribution in [3.8, 4) is 0 Å². The highest BCUT2D eigenvalue weighted by Gasteiger charge is 2.30. The lowest BCUT2D eigenvalue weighted by Crippen LogP contribution is -2.50. The van der Waals surface area contributed by atoms with Crippen molar-refractivity contribution in [3.63, 3.8) is 0 Å². The molecule has 1 amide bonds. The van der Waals surface area contributed by atoms with E-state index < -0.39 is 12.7 Å². The number of hydrogen-bond donors (Lipinski definition) is 0. The minimum absolute atomic E-state index is 0.0823. The first-order valence-electron chi connectivity index (χ1n) is 6.44. The van der Waals surface area contributed by atoms with E-state index in [0.717, 1.165) is 4.90 Å². The maximum atomic E-state index is 12.1. The predicted molar refractivity (Wildman–Crippen MR) is 69.3 cm³/mol. The Kier molecular flexibility index (Phi) is 5.59. The standard InChI is InChI=1S/C13H21F3N2O2/c1-12(2)9-18(7-8-20-12)11(19)5-4-6-17(3)10-13(14,15)16/h4-5H,6-10H2,1-3H3/b5-4+. The van der Waals surface area contributed by atoms with Crippen LogP contribution in [-0.2, 0) is 9.53 Å². The number of alkyl halides is 3. The van der Waals surface area contributed by atoms with E-state index in [1.165, 1.54) is 19.2 Å². The topological polar surface area (TPSA) is 32.8 Å². The highest BCUT2D eigenvalue weighted by molar-refractivity contribution is 5.87. The summed E-state index contributed by atoms with van der Waals surface area (Å²) in [4.78, 5) is 14.6. The largest absolute Gasteiger partial charge is 0.401 e. The molecule has 1 aliphatic rings. The molecule has 0 bridgehead atoms. The minimum Gasteiger partial charge on any atom is -0.372 e. The van der Waals surface area contributed by atoms with Crippen LogP contribution >= 0.6 is 0 Å². The van der Waals surface area contributed by atoms with Gasteiger partial charge in [0.1, 0.15) is 0 Å². The van der Waals surface area contributed by atoms with Crippen LogP contribution < -0.4 is 0 Å². The lowest BCUT2D eigenvalue weighted by molar-refractivity contribution is -0.141. The van der Waals surface area contributed by atoms with Crippen LogP contribution in [0.25, 0.3) is 0 Å². The number of ether oxygens (including phenoxy) is 1. The SMILES string of the molecule is CN(C/C=C/C(=O)N1CCOC(C)(C)C1)CC(F)(F)F. The van der Waals surface area contributed by atoms with Crippen molar-refractivity contribution in [1.82, 2.24) is 9.80 Å². The molecule has 1 aliphatic heterocycles. The van der Waals surface area contributed by atoms with Crippen molar-refractivity contribution in [2.75, 3.05) is 39.8 Å². The van der Waals surface area contributed by atoms with Crippen molar-refractivity contribution in [1.29, 1.82) is 0 Å². The number of morpholine rings is 1. The van der Waals surface area contributed by atoms with Crippen molar-refractivity contribution in [2.24, 2.45) is 0 Å². The van der Waals surface area contributed by atoms with Crippen LogP contribution in [0.5, 0.6) is 0 Å². The van der Waals surface area contributed by atoms with E-state index in [4.69, 9.17) is 4.74 Å². The molecule has 4 nitrogen and oxygen atoms in total. The van der Waals surface area contributed by atoms with Gasteiger partial charge in [0.15, 0.2) is 0 Å². The molecule has 20 heavy (non-hydrogen) atoms. The van der Waals surface area contributed by atoms with Crippen molar-refractivity contribution < 1.29 is 22.7 Å². The van der Waals surface area contributed by atoms with Gasteiger partial charge in [-0.1, -0.05) is 6.08 Å². The average molecular weight is 294 g/mol. The molecular formula is C13H21F3N2O2. The summed E-state index contributed by atoms with van der Waals surface area (Å²) in [6.07, 6.45) is -1.44. The van der Waals surface area contributed by atoms with Gasteiger partial charge in [-0.3, -0.25) is 9.69 Å². The highest BCUT2D eigenvalue weighted by atomic mass is 19.4. The van der Waals surface area contributed by atoms with E-state index in [2.05, 4.69) is 0 Å². The smallest absolute Gasteiger partial charge is 0.372 e. The third-order valence-electron chi connectivity index (χ3n) is 2.86. The van der Waals surface area contributed by atoms with E-state index in [9.17, 15) is 18.0 Å². The van der Waals surface area contributed by atoms with Gasteiger partial charge in [-0.05, 0) is 20.9 Å². The molecule has 0 unspecified atom stereocenters. The molecule has 1 saturated heterocycles. The molecule has 1 rings (SSSR count). The van der Waals surface area contributed by atoms with Crippen molar-refractivity contribution in [2.45, 2.75) is 25.6 Å². The molecule has 7 heteroatoms. The molecule has 1 heterocycles. The van der Waals surface area contributed by atoms with Gasteiger partial charge in [0.2, 0.25) is 5.91 Å². The van der Waals surface area contributed by atoms with E-state index >= 15 is 0 Å². The molecule has 0 aromatic carbocycles. The first kappa shape index (κ1) is 17.0. The quantitative estimate of drug-likeness (QED) is 0.740. The fourth-order valence-electron chi connectivity index (χ4n) is 2.01. The number of rotatable bonds is 4. The van der Waals surface area contributed by atoms with Crippen LogP contribution in [0, 0.1) is 0 Å². The number of amides is 1. The van der Waals surface area contributed by atoms with Gasteiger partial charge < -0.3 is 9.64 Å². The summed E-state index contributed by atoms with van der Waals surface area (Å²) in [5.41, 5.74) is -0.380. The Bertz CT molecular complexity index is 367. The maximum absolute atomic E-state index is 12.1. The zero-order valence-electron chi connectivity index (χ0n) is 12.0. The molecule has 0 radical (unpaired) electrons. The number of nitrogens with zero attached hydrogens (tertiary/aromatic N) is 2. The molecule has 0 N–H and O–H groups in total. The molecule has 0 saturated carbocycles. The zero-order chi connectivity index (χ0) is 15.4. The lowest BCUT2D eigenvalue weighted by atomic mass is 10.1. The van der Waals surface area contributed by atoms with Crippen LogP contribution in [-0.4, -0.2) is 67.3 Å². The normalized spacial score (nSPS) is 19.9. The summed E-state index contributed by atoms with van der Waals surface area (Å²) >= 11 is 0. The summed E-state index contributed by atoms with van der Waals surface area (Å²) in [6.45, 7) is 4.34. The van der Waals surface area contributed by atoms with Gasteiger partial charge in [0.25, 0.3) is 0 Å². The summed E-state index contributed by atoms with van der Waals surface area (Å²) in [6, 6.07) is 0. The number of carbonyl (C=O) groups excluding carboxylic acids is 1. The molecule has 1 fully saturated rings. The zero-order valence-corrected chi connectivity index (χ0v) is 12.0. The van der Waals surface area contributed by atoms with Gasteiger partial charge >= 0.3 is 6.18 Å². The van der Waals surface area contributed by atoms with Crippen LogP contribution in [0.15, 0.2) is 12.2 Å². The lowest BCUT2D eigenvalue weighted by Gasteiger charge is -2.37. The third kappa shape index (κ3) is 6.38. The first-order chi connectivity index (χ1) is 9.09. The number of carbonyl (C=O) groups is 1. The molecule has 0 aromatic rings. The van der Waals surface area contributed by atoms with Crippen molar-refractivity contribution >= 4 is 5.91 Å². The monoisotopic (exact) mass is 294 g/mol. The van der Waals surface area contributed by atoms with E-state index in [1.54, 1.807) is 4.90 Å². The number of halogens is 3. The Labute approximate surface area is 117 Å². The Morgan fingerprint density at radius 3 is 2.65 bits per heavy atom. The Hall–Kier alpha value is -1.08. The van der Waals surface area contributed by atoms with Crippen LogP contribution in [0.1, 0.15) is 13.8 Å². The molecule has 0 aromatic heterocycles. The molecule has 116 valence electrons. The van der Waals surface area contributed by atoms with Gasteiger partial charge in [0.05, 0.1) is 18.8 Å². The second-order valence-corrected chi connectivity index (χ2v) is 5.58. The maximum Gasteiger partial charge on any atom is 0.401 e. The first-order valence-corrected chi connectivity index (χ1v) is 6.44. The highest BCUT2D eigenvalue weighted by Crippen LogP contribution is 2.17. The van der Waals surface area contributed by atoms with E-state index in [-0.39, 0.29) is 18.1 Å². The summed E-state index contributed by atoms with van der Waals surface area (Å²) in [5, 5.41) is 0. The third-order valence-corrected chi connectivity index (χ3v) is 2.86. The molecule has 0 spiro atoms. The average Bonchev–Trinajstić information content (AvgIpc) is 2.24. The van der Waals surface area contributed by atoms with E-state index in [1.807, 2.05) is 13.8 Å². The van der Waals surface area contributed by atoms with E-state index in [0.29, 0.717) is 19.7 Å². The minimum atomic E-state index is -4.22.